The molecule has 22 heavy (non-hydrogen) atoms. The van der Waals surface area contributed by atoms with Gasteiger partial charge in [0.05, 0.1) is 11.6 Å². The van der Waals surface area contributed by atoms with Crippen molar-refractivity contribution < 1.29 is 0 Å². The van der Waals surface area contributed by atoms with Crippen molar-refractivity contribution in [3.8, 4) is 6.07 Å². The molecule has 0 radical (unpaired) electrons. The largest absolute Gasteiger partial charge is 0.192 e. The molecule has 1 nitrogen and oxygen atoms in total. The van der Waals surface area contributed by atoms with Crippen LogP contribution in [0.4, 0.5) is 0 Å². The van der Waals surface area contributed by atoms with E-state index in [0.717, 1.165) is 17.4 Å². The van der Waals surface area contributed by atoms with Crippen LogP contribution >= 0.6 is 0 Å². The first-order chi connectivity index (χ1) is 10.7. The molecule has 1 aliphatic rings. The lowest BCUT2D eigenvalue weighted by atomic mass is 9.71. The fourth-order valence-electron chi connectivity index (χ4n) is 4.11. The molecule has 0 aromatic heterocycles. The van der Waals surface area contributed by atoms with E-state index in [1.807, 2.05) is 12.1 Å². The molecular weight excluding hydrogens is 266 g/mol. The van der Waals surface area contributed by atoms with Gasteiger partial charge in [0, 0.05) is 0 Å². The van der Waals surface area contributed by atoms with Gasteiger partial charge in [-0.15, -0.1) is 0 Å². The van der Waals surface area contributed by atoms with Crippen LogP contribution in [0.1, 0.15) is 88.7 Å². The van der Waals surface area contributed by atoms with E-state index in [1.165, 1.54) is 63.4 Å². The fourth-order valence-corrected chi connectivity index (χ4v) is 4.11. The van der Waals surface area contributed by atoms with Crippen molar-refractivity contribution >= 4 is 0 Å². The third kappa shape index (κ3) is 4.87. The third-order valence-electron chi connectivity index (χ3n) is 5.46. The molecule has 1 heteroatoms. The summed E-state index contributed by atoms with van der Waals surface area (Å²) in [5.41, 5.74) is 2.21. The van der Waals surface area contributed by atoms with E-state index in [-0.39, 0.29) is 0 Å². The predicted molar refractivity (Wildman–Crippen MR) is 93.8 cm³/mol. The highest BCUT2D eigenvalue weighted by Gasteiger charge is 2.28. The third-order valence-corrected chi connectivity index (χ3v) is 5.46. The van der Waals surface area contributed by atoms with Crippen LogP contribution in [0, 0.1) is 23.2 Å². The van der Waals surface area contributed by atoms with Crippen LogP contribution in [0.2, 0.25) is 0 Å². The van der Waals surface area contributed by atoms with Crippen molar-refractivity contribution in [3.63, 3.8) is 0 Å². The highest BCUT2D eigenvalue weighted by Crippen LogP contribution is 2.41. The molecular formula is C21H31N. The monoisotopic (exact) mass is 297 g/mol. The van der Waals surface area contributed by atoms with Crippen LogP contribution in [0.3, 0.4) is 0 Å². The number of unbranched alkanes of at least 4 members (excludes halogenated alkanes) is 4. The maximum absolute atomic E-state index is 8.91. The number of benzene rings is 1. The van der Waals surface area contributed by atoms with E-state index >= 15 is 0 Å². The van der Waals surface area contributed by atoms with Gasteiger partial charge in [-0.2, -0.15) is 5.26 Å². The van der Waals surface area contributed by atoms with Gasteiger partial charge in [-0.1, -0.05) is 64.5 Å². The molecule has 0 saturated heterocycles. The Bertz CT molecular complexity index is 468. The zero-order chi connectivity index (χ0) is 15.8. The van der Waals surface area contributed by atoms with Gasteiger partial charge in [0.1, 0.15) is 0 Å². The average Bonchev–Trinajstić information content (AvgIpc) is 2.55. The number of hydrogen-bond acceptors (Lipinski definition) is 1. The predicted octanol–water partition coefficient (Wildman–Crippen LogP) is 6.44. The van der Waals surface area contributed by atoms with Crippen molar-refractivity contribution in [2.24, 2.45) is 11.8 Å². The topological polar surface area (TPSA) is 23.8 Å². The molecule has 1 fully saturated rings. The molecule has 1 saturated carbocycles. The summed E-state index contributed by atoms with van der Waals surface area (Å²) in [5, 5.41) is 8.91. The molecule has 0 spiro atoms. The lowest BCUT2D eigenvalue weighted by Crippen LogP contribution is -2.21. The summed E-state index contributed by atoms with van der Waals surface area (Å²) in [6.07, 6.45) is 12.6. The van der Waals surface area contributed by atoms with Crippen molar-refractivity contribution in [3.05, 3.63) is 35.4 Å². The minimum atomic E-state index is 0.698. The van der Waals surface area contributed by atoms with Gasteiger partial charge in [-0.3, -0.25) is 0 Å². The van der Waals surface area contributed by atoms with E-state index in [4.69, 9.17) is 5.26 Å². The molecule has 0 heterocycles. The second-order valence-electron chi connectivity index (χ2n) is 7.20. The summed E-state index contributed by atoms with van der Waals surface area (Å²) in [4.78, 5) is 0. The number of nitriles is 1. The summed E-state index contributed by atoms with van der Waals surface area (Å²) in [7, 11) is 0. The molecule has 3 unspecified atom stereocenters. The van der Waals surface area contributed by atoms with Crippen LogP contribution in [0.5, 0.6) is 0 Å². The minimum Gasteiger partial charge on any atom is -0.192 e. The van der Waals surface area contributed by atoms with E-state index < -0.39 is 0 Å². The van der Waals surface area contributed by atoms with Gasteiger partial charge in [0.15, 0.2) is 0 Å². The molecule has 120 valence electrons. The Morgan fingerprint density at radius 3 is 2.41 bits per heavy atom. The highest BCUT2D eigenvalue weighted by atomic mass is 14.3. The van der Waals surface area contributed by atoms with E-state index in [2.05, 4.69) is 32.0 Å². The van der Waals surface area contributed by atoms with Crippen molar-refractivity contribution in [2.45, 2.75) is 77.6 Å². The van der Waals surface area contributed by atoms with Crippen LogP contribution < -0.4 is 0 Å². The van der Waals surface area contributed by atoms with Crippen LogP contribution in [-0.2, 0) is 0 Å². The second-order valence-corrected chi connectivity index (χ2v) is 7.20. The molecule has 0 N–H and O–H groups in total. The summed E-state index contributed by atoms with van der Waals surface area (Å²) in [6.45, 7) is 4.71. The van der Waals surface area contributed by atoms with Gasteiger partial charge in [-0.05, 0) is 54.7 Å². The Balaban J connectivity index is 1.78. The van der Waals surface area contributed by atoms with E-state index in [9.17, 15) is 0 Å². The summed E-state index contributed by atoms with van der Waals surface area (Å²) >= 11 is 0. The van der Waals surface area contributed by atoms with Gasteiger partial charge in [0.2, 0.25) is 0 Å². The Labute approximate surface area is 136 Å². The minimum absolute atomic E-state index is 0.698. The zero-order valence-corrected chi connectivity index (χ0v) is 14.4. The van der Waals surface area contributed by atoms with Crippen LogP contribution in [0.25, 0.3) is 0 Å². The first kappa shape index (κ1) is 17.1. The maximum atomic E-state index is 8.91. The number of nitrogens with zero attached hydrogens (tertiary/aromatic N) is 1. The van der Waals surface area contributed by atoms with Crippen LogP contribution in [-0.4, -0.2) is 0 Å². The molecule has 1 aliphatic carbocycles. The van der Waals surface area contributed by atoms with Crippen molar-refractivity contribution in [1.29, 1.82) is 5.26 Å². The van der Waals surface area contributed by atoms with E-state index in [1.54, 1.807) is 0 Å². The Hall–Kier alpha value is -1.29. The first-order valence-corrected chi connectivity index (χ1v) is 9.24. The average molecular weight is 297 g/mol. The zero-order valence-electron chi connectivity index (χ0n) is 14.4. The quantitative estimate of drug-likeness (QED) is 0.531. The van der Waals surface area contributed by atoms with Gasteiger partial charge in [-0.25, -0.2) is 0 Å². The molecule has 0 amide bonds. The molecule has 1 aromatic carbocycles. The van der Waals surface area contributed by atoms with Gasteiger partial charge >= 0.3 is 0 Å². The molecule has 0 bridgehead atoms. The second kappa shape index (κ2) is 8.99. The summed E-state index contributed by atoms with van der Waals surface area (Å²) < 4.78 is 0. The van der Waals surface area contributed by atoms with Gasteiger partial charge in [0.25, 0.3) is 0 Å². The van der Waals surface area contributed by atoms with Gasteiger partial charge < -0.3 is 0 Å². The van der Waals surface area contributed by atoms with Crippen molar-refractivity contribution in [2.75, 3.05) is 0 Å². The molecule has 2 rings (SSSR count). The van der Waals surface area contributed by atoms with E-state index in [0.29, 0.717) is 5.92 Å². The highest BCUT2D eigenvalue weighted by molar-refractivity contribution is 5.33. The lowest BCUT2D eigenvalue weighted by Gasteiger charge is -2.34. The van der Waals surface area contributed by atoms with Crippen molar-refractivity contribution in [1.82, 2.24) is 0 Å². The fraction of sp³-hybridized carbons (Fsp3) is 0.667. The lowest BCUT2D eigenvalue weighted by molar-refractivity contribution is 0.232. The van der Waals surface area contributed by atoms with Crippen LogP contribution in [0.15, 0.2) is 24.3 Å². The molecule has 0 aliphatic heterocycles. The summed E-state index contributed by atoms with van der Waals surface area (Å²) in [6, 6.07) is 10.5. The SMILES string of the molecule is CCCCCCCC1CCC(c2ccc(C#N)cc2)C(C)C1. The molecule has 3 atom stereocenters. The number of rotatable bonds is 7. The summed E-state index contributed by atoms with van der Waals surface area (Å²) in [5.74, 6) is 2.43. The normalized spacial score (nSPS) is 24.9. The molecule has 1 aromatic rings. The first-order valence-electron chi connectivity index (χ1n) is 9.24. The smallest absolute Gasteiger partial charge is 0.0991 e. The maximum Gasteiger partial charge on any atom is 0.0991 e. The Morgan fingerprint density at radius 1 is 1.05 bits per heavy atom. The Morgan fingerprint density at radius 2 is 1.77 bits per heavy atom. The number of hydrogen-bond donors (Lipinski definition) is 0. The standard InChI is InChI=1S/C21H31N/c1-3-4-5-6-7-8-18-11-14-21(17(2)15-18)20-12-9-19(16-22)10-13-20/h9-10,12-13,17-18,21H,3-8,11,14-15H2,1-2H3. The Kier molecular flexibility index (Phi) is 6.97.